The number of aromatic nitrogens is 5. The van der Waals surface area contributed by atoms with Crippen LogP contribution in [0.4, 0.5) is 5.82 Å². The monoisotopic (exact) mass is 340 g/mol. The van der Waals surface area contributed by atoms with E-state index < -0.39 is 16.5 Å². The first kappa shape index (κ1) is 13.9. The number of fused-ring (bicyclic) bond motifs is 1. The fourth-order valence-electron chi connectivity index (χ4n) is 2.87. The molecule has 1 saturated carbocycles. The van der Waals surface area contributed by atoms with Crippen LogP contribution in [0, 0.1) is 5.92 Å². The van der Waals surface area contributed by atoms with E-state index in [0.29, 0.717) is 11.6 Å². The first-order chi connectivity index (χ1) is 11.8. The number of hydrogen-bond donors (Lipinski definition) is 2. The molecule has 0 amide bonds. The van der Waals surface area contributed by atoms with Gasteiger partial charge in [-0.1, -0.05) is 29.3 Å². The summed E-state index contributed by atoms with van der Waals surface area (Å²) in [6.07, 6.45) is 7.45. The summed E-state index contributed by atoms with van der Waals surface area (Å²) in [6.45, 7) is 0. The van der Waals surface area contributed by atoms with Gasteiger partial charge in [-0.25, -0.2) is 9.98 Å². The van der Waals surface area contributed by atoms with Crippen LogP contribution in [0.15, 0.2) is 54.0 Å². The van der Waals surface area contributed by atoms with E-state index in [2.05, 4.69) is 15.2 Å². The van der Waals surface area contributed by atoms with Gasteiger partial charge in [-0.15, -0.1) is 5.10 Å². The predicted octanol–water partition coefficient (Wildman–Crippen LogP) is 2.37. The number of hydrogen-bond acceptors (Lipinski definition) is 5. The number of nitrogens with zero attached hydrogens (tertiary/aromatic N) is 6. The van der Waals surface area contributed by atoms with Crippen LogP contribution in [0.1, 0.15) is 24.0 Å². The molecule has 1 aromatic carbocycles. The van der Waals surface area contributed by atoms with Gasteiger partial charge in [0.05, 0.1) is 23.1 Å². The first-order valence-electron chi connectivity index (χ1n) is 7.87. The third-order valence-electron chi connectivity index (χ3n) is 4.23. The summed E-state index contributed by atoms with van der Waals surface area (Å²) >= 11 is -1.01. The van der Waals surface area contributed by atoms with Crippen molar-refractivity contribution in [1.29, 1.82) is 0 Å². The van der Waals surface area contributed by atoms with Crippen molar-refractivity contribution in [1.82, 2.24) is 24.0 Å². The molecule has 3 aromatic rings. The number of aliphatic imine (C=N–C) groups is 1. The number of para-hydroxylation sites is 1. The molecule has 0 bridgehead atoms. The predicted molar refractivity (Wildman–Crippen MR) is 92.7 cm³/mol. The number of benzene rings is 1. The Hall–Kier alpha value is -2.45. The number of aliphatic hydroxyl groups excluding tert-OH is 1. The molecule has 24 heavy (non-hydrogen) atoms. The van der Waals surface area contributed by atoms with E-state index in [1.54, 1.807) is 23.5 Å². The van der Waals surface area contributed by atoms with E-state index in [0.717, 1.165) is 29.4 Å². The van der Waals surface area contributed by atoms with Crippen LogP contribution < -0.4 is 0 Å². The molecule has 2 aromatic heterocycles. The number of aliphatic hydroxyl groups is 1. The Morgan fingerprint density at radius 3 is 2.79 bits per heavy atom. The fourth-order valence-corrected chi connectivity index (χ4v) is 5.27. The quantitative estimate of drug-likeness (QED) is 0.715. The average molecular weight is 340 g/mol. The van der Waals surface area contributed by atoms with Crippen LogP contribution in [0.2, 0.25) is 0 Å². The van der Waals surface area contributed by atoms with Crippen LogP contribution in [-0.2, 0) is 0 Å². The lowest BCUT2D eigenvalue weighted by Crippen LogP contribution is -2.12. The third kappa shape index (κ3) is 2.18. The molecule has 0 saturated heterocycles. The number of rotatable bonds is 4. The molecule has 1 aliphatic carbocycles. The molecule has 1 aliphatic heterocycles. The molecule has 0 radical (unpaired) electrons. The second kappa shape index (κ2) is 5.29. The highest BCUT2D eigenvalue weighted by atomic mass is 32.2. The van der Waals surface area contributed by atoms with Gasteiger partial charge in [0.15, 0.2) is 5.82 Å². The van der Waals surface area contributed by atoms with Crippen molar-refractivity contribution < 1.29 is 5.11 Å². The minimum Gasteiger partial charge on any atom is -0.376 e. The van der Waals surface area contributed by atoms with Crippen LogP contribution in [-0.4, -0.2) is 34.1 Å². The maximum absolute atomic E-state index is 11.0. The maximum Gasteiger partial charge on any atom is 0.162 e. The van der Waals surface area contributed by atoms with E-state index in [9.17, 15) is 5.11 Å². The van der Waals surface area contributed by atoms with E-state index in [-0.39, 0.29) is 0 Å². The largest absolute Gasteiger partial charge is 0.376 e. The maximum atomic E-state index is 11.0. The van der Waals surface area contributed by atoms with Crippen molar-refractivity contribution in [2.24, 2.45) is 10.9 Å². The second-order valence-electron chi connectivity index (χ2n) is 5.95. The van der Waals surface area contributed by atoms with Gasteiger partial charge in [0, 0.05) is 5.92 Å². The Balaban J connectivity index is 1.49. The van der Waals surface area contributed by atoms with Gasteiger partial charge in [0.25, 0.3) is 0 Å². The van der Waals surface area contributed by atoms with Gasteiger partial charge >= 0.3 is 0 Å². The van der Waals surface area contributed by atoms with E-state index in [1.165, 1.54) is 0 Å². The second-order valence-corrected chi connectivity index (χ2v) is 8.02. The van der Waals surface area contributed by atoms with E-state index >= 15 is 0 Å². The fraction of sp³-hybridized carbons (Fsp3) is 0.250. The lowest BCUT2D eigenvalue weighted by molar-refractivity contribution is 0.262. The standard InChI is InChI=1S/C16H16N6OS/c23-16(13-8-18-22(20-13)12-4-2-1-3-5-12)24-15(11-6-7-11)19-14-9-17-10-21(14)24/h1-5,8-11,16,23-24H,6-7H2. The lowest BCUT2D eigenvalue weighted by Gasteiger charge is -2.24. The summed E-state index contributed by atoms with van der Waals surface area (Å²) in [5.74, 6) is 1.33. The molecule has 5 rings (SSSR count). The topological polar surface area (TPSA) is 81.1 Å². The Morgan fingerprint density at radius 2 is 2.00 bits per heavy atom. The molecule has 1 fully saturated rings. The highest BCUT2D eigenvalue weighted by Gasteiger charge is 2.40. The zero-order valence-electron chi connectivity index (χ0n) is 12.8. The molecule has 2 atom stereocenters. The Labute approximate surface area is 141 Å². The van der Waals surface area contributed by atoms with Crippen LogP contribution in [0.25, 0.3) is 5.69 Å². The summed E-state index contributed by atoms with van der Waals surface area (Å²) in [4.78, 5) is 10.4. The van der Waals surface area contributed by atoms with Crippen LogP contribution in [0.5, 0.6) is 0 Å². The minimum atomic E-state index is -1.01. The Bertz CT molecular complexity index is 914. The third-order valence-corrected chi connectivity index (χ3v) is 6.67. The number of thiol groups is 1. The van der Waals surface area contributed by atoms with Crippen molar-refractivity contribution in [2.75, 3.05) is 0 Å². The van der Waals surface area contributed by atoms with Gasteiger partial charge in [-0.2, -0.15) is 9.90 Å². The molecule has 8 heteroatoms. The van der Waals surface area contributed by atoms with Gasteiger partial charge in [0.1, 0.15) is 17.5 Å². The highest BCUT2D eigenvalue weighted by molar-refractivity contribution is 8.29. The molecule has 122 valence electrons. The lowest BCUT2D eigenvalue weighted by atomic mass is 10.3. The zero-order valence-corrected chi connectivity index (χ0v) is 13.7. The summed E-state index contributed by atoms with van der Waals surface area (Å²) in [5.41, 5.74) is 0.710. The molecular weight excluding hydrogens is 324 g/mol. The van der Waals surface area contributed by atoms with Crippen molar-refractivity contribution in [3.05, 3.63) is 54.7 Å². The Morgan fingerprint density at radius 1 is 1.17 bits per heavy atom. The zero-order chi connectivity index (χ0) is 16.1. The number of imidazole rings is 1. The van der Waals surface area contributed by atoms with Gasteiger partial charge in [0.2, 0.25) is 0 Å². The van der Waals surface area contributed by atoms with Gasteiger partial charge in [-0.05, 0) is 25.0 Å². The van der Waals surface area contributed by atoms with E-state index in [1.807, 2.05) is 34.3 Å². The van der Waals surface area contributed by atoms with Crippen LogP contribution in [0.3, 0.4) is 0 Å². The molecule has 1 N–H and O–H groups in total. The first-order valence-corrected chi connectivity index (χ1v) is 9.24. The van der Waals surface area contributed by atoms with Gasteiger partial charge in [-0.3, -0.25) is 3.97 Å². The molecular formula is C16H16N6OS. The Kier molecular flexibility index (Phi) is 3.07. The normalized spacial score (nSPS) is 22.2. The summed E-state index contributed by atoms with van der Waals surface area (Å²) in [7, 11) is 0. The molecule has 2 aliphatic rings. The van der Waals surface area contributed by atoms with Crippen LogP contribution >= 0.6 is 11.1 Å². The van der Waals surface area contributed by atoms with Crippen molar-refractivity contribution >= 4 is 21.9 Å². The summed E-state index contributed by atoms with van der Waals surface area (Å²) in [5, 5.41) is 20.9. The summed E-state index contributed by atoms with van der Waals surface area (Å²) in [6, 6.07) is 9.69. The molecule has 3 heterocycles. The summed E-state index contributed by atoms with van der Waals surface area (Å²) < 4.78 is 2.00. The SMILES string of the molecule is OC(c1cnn(-c2ccccc2)n1)[SH]1C(C2CC2)=Nc2cncn21. The molecule has 0 spiro atoms. The van der Waals surface area contributed by atoms with Crippen molar-refractivity contribution in [2.45, 2.75) is 18.3 Å². The minimum absolute atomic E-state index is 0.495. The molecule has 7 nitrogen and oxygen atoms in total. The average Bonchev–Trinajstić information content (AvgIpc) is 3.04. The van der Waals surface area contributed by atoms with Crippen molar-refractivity contribution in [3.8, 4) is 5.69 Å². The highest BCUT2D eigenvalue weighted by Crippen LogP contribution is 2.55. The molecule has 2 unspecified atom stereocenters. The van der Waals surface area contributed by atoms with Gasteiger partial charge < -0.3 is 5.11 Å². The smallest absolute Gasteiger partial charge is 0.162 e. The van der Waals surface area contributed by atoms with E-state index in [4.69, 9.17) is 4.99 Å². The van der Waals surface area contributed by atoms with Crippen molar-refractivity contribution in [3.63, 3.8) is 0 Å².